The Hall–Kier alpha value is -0.990. The van der Waals surface area contributed by atoms with Gasteiger partial charge in [0, 0.05) is 17.8 Å². The van der Waals surface area contributed by atoms with Gasteiger partial charge < -0.3 is 9.88 Å². The predicted molar refractivity (Wildman–Crippen MR) is 61.1 cm³/mol. The van der Waals surface area contributed by atoms with Crippen molar-refractivity contribution in [2.45, 2.75) is 57.5 Å². The molecule has 0 bridgehead atoms. The van der Waals surface area contributed by atoms with E-state index < -0.39 is 0 Å². The first kappa shape index (κ1) is 9.25. The molecule has 1 heterocycles. The Morgan fingerprint density at radius 1 is 1.47 bits per heavy atom. The molecule has 0 amide bonds. The molecule has 2 aliphatic carbocycles. The van der Waals surface area contributed by atoms with Gasteiger partial charge in [-0.2, -0.15) is 0 Å². The highest BCUT2D eigenvalue weighted by Gasteiger charge is 2.34. The molecule has 82 valence electrons. The van der Waals surface area contributed by atoms with Gasteiger partial charge in [0.1, 0.15) is 0 Å². The fourth-order valence-electron chi connectivity index (χ4n) is 2.34. The van der Waals surface area contributed by atoms with Crippen LogP contribution in [-0.2, 0) is 0 Å². The molecule has 2 aliphatic rings. The van der Waals surface area contributed by atoms with E-state index in [0.29, 0.717) is 5.54 Å². The molecular weight excluding hydrogens is 186 g/mol. The fraction of sp³-hybridized carbons (Fsp3) is 0.750. The molecule has 0 radical (unpaired) electrons. The molecule has 0 atom stereocenters. The number of imidazole rings is 1. The minimum absolute atomic E-state index is 0.310. The van der Waals surface area contributed by atoms with Crippen molar-refractivity contribution in [3.05, 3.63) is 11.9 Å². The summed E-state index contributed by atoms with van der Waals surface area (Å²) in [5.74, 6) is 1.09. The van der Waals surface area contributed by atoms with Gasteiger partial charge in [0.25, 0.3) is 0 Å². The summed E-state index contributed by atoms with van der Waals surface area (Å²) in [6, 6.07) is 0.720. The van der Waals surface area contributed by atoms with Crippen molar-refractivity contribution in [2.75, 3.05) is 5.32 Å². The van der Waals surface area contributed by atoms with E-state index in [4.69, 9.17) is 0 Å². The van der Waals surface area contributed by atoms with Crippen LogP contribution in [-0.4, -0.2) is 15.1 Å². The van der Waals surface area contributed by atoms with Gasteiger partial charge in [0.15, 0.2) is 0 Å². The lowest BCUT2D eigenvalue weighted by Gasteiger charge is -2.39. The fourth-order valence-corrected chi connectivity index (χ4v) is 2.34. The topological polar surface area (TPSA) is 29.9 Å². The van der Waals surface area contributed by atoms with Crippen LogP contribution in [0.4, 0.5) is 5.95 Å². The van der Waals surface area contributed by atoms with Gasteiger partial charge in [-0.15, -0.1) is 0 Å². The lowest BCUT2D eigenvalue weighted by molar-refractivity contribution is 0.303. The first-order chi connectivity index (χ1) is 7.16. The summed E-state index contributed by atoms with van der Waals surface area (Å²) in [6.07, 6.45) is 8.74. The smallest absolute Gasteiger partial charge is 0.203 e. The number of hydrogen-bond donors (Lipinski definition) is 1. The maximum atomic E-state index is 4.59. The second-order valence-corrected chi connectivity index (χ2v) is 5.38. The molecule has 1 aromatic rings. The van der Waals surface area contributed by atoms with Crippen LogP contribution in [0.15, 0.2) is 6.20 Å². The standard InChI is InChI=1S/C12H19N3/c1-9-8-15(10-4-5-10)11(13-9)14-12(2)6-3-7-12/h8,10H,3-7H2,1-2H3,(H,13,14). The Labute approximate surface area is 90.9 Å². The van der Waals surface area contributed by atoms with Gasteiger partial charge in [-0.05, 0) is 46.0 Å². The molecule has 0 saturated heterocycles. The number of nitrogens with one attached hydrogen (secondary N) is 1. The zero-order valence-corrected chi connectivity index (χ0v) is 9.58. The van der Waals surface area contributed by atoms with Gasteiger partial charge in [0.05, 0.1) is 5.69 Å². The van der Waals surface area contributed by atoms with E-state index in [2.05, 4.69) is 34.9 Å². The van der Waals surface area contributed by atoms with E-state index in [-0.39, 0.29) is 0 Å². The zero-order chi connectivity index (χ0) is 10.5. The van der Waals surface area contributed by atoms with Crippen LogP contribution in [0.3, 0.4) is 0 Å². The van der Waals surface area contributed by atoms with Crippen LogP contribution in [0.5, 0.6) is 0 Å². The van der Waals surface area contributed by atoms with Gasteiger partial charge in [0.2, 0.25) is 5.95 Å². The summed E-state index contributed by atoms with van der Waals surface area (Å²) in [7, 11) is 0. The highest BCUT2D eigenvalue weighted by atomic mass is 15.3. The Morgan fingerprint density at radius 2 is 2.20 bits per heavy atom. The molecule has 3 nitrogen and oxygen atoms in total. The second-order valence-electron chi connectivity index (χ2n) is 5.38. The molecule has 0 aromatic carbocycles. The summed E-state index contributed by atoms with van der Waals surface area (Å²) in [6.45, 7) is 4.38. The van der Waals surface area contributed by atoms with Crippen molar-refractivity contribution < 1.29 is 0 Å². The zero-order valence-electron chi connectivity index (χ0n) is 9.58. The van der Waals surface area contributed by atoms with Crippen LogP contribution < -0.4 is 5.32 Å². The number of anilines is 1. The molecule has 0 unspecified atom stereocenters. The molecule has 1 N–H and O–H groups in total. The summed E-state index contributed by atoms with van der Waals surface area (Å²) >= 11 is 0. The maximum absolute atomic E-state index is 4.59. The molecule has 15 heavy (non-hydrogen) atoms. The molecule has 0 aliphatic heterocycles. The third-order valence-corrected chi connectivity index (χ3v) is 3.66. The maximum Gasteiger partial charge on any atom is 0.203 e. The largest absolute Gasteiger partial charge is 0.350 e. The monoisotopic (exact) mass is 205 g/mol. The molecule has 3 rings (SSSR count). The van der Waals surface area contributed by atoms with Crippen LogP contribution in [0.25, 0.3) is 0 Å². The highest BCUT2D eigenvalue weighted by molar-refractivity contribution is 5.35. The van der Waals surface area contributed by atoms with E-state index in [1.165, 1.54) is 32.1 Å². The highest BCUT2D eigenvalue weighted by Crippen LogP contribution is 2.40. The van der Waals surface area contributed by atoms with Gasteiger partial charge in [-0.25, -0.2) is 4.98 Å². The lowest BCUT2D eigenvalue weighted by Crippen LogP contribution is -2.42. The normalized spacial score (nSPS) is 23.6. The van der Waals surface area contributed by atoms with Crippen LogP contribution in [0.2, 0.25) is 0 Å². The quantitative estimate of drug-likeness (QED) is 0.822. The van der Waals surface area contributed by atoms with Crippen molar-refractivity contribution in [1.82, 2.24) is 9.55 Å². The number of nitrogens with zero attached hydrogens (tertiary/aromatic N) is 2. The minimum atomic E-state index is 0.310. The number of rotatable bonds is 3. The Morgan fingerprint density at radius 3 is 2.73 bits per heavy atom. The molecule has 3 heteroatoms. The molecule has 2 fully saturated rings. The summed E-state index contributed by atoms with van der Waals surface area (Å²) in [4.78, 5) is 4.59. The summed E-state index contributed by atoms with van der Waals surface area (Å²) in [5.41, 5.74) is 1.44. The van der Waals surface area contributed by atoms with E-state index in [1.54, 1.807) is 0 Å². The van der Waals surface area contributed by atoms with E-state index in [9.17, 15) is 0 Å². The third-order valence-electron chi connectivity index (χ3n) is 3.66. The van der Waals surface area contributed by atoms with Crippen LogP contribution >= 0.6 is 0 Å². The van der Waals surface area contributed by atoms with Gasteiger partial charge >= 0.3 is 0 Å². The van der Waals surface area contributed by atoms with E-state index >= 15 is 0 Å². The average molecular weight is 205 g/mol. The summed E-state index contributed by atoms with van der Waals surface area (Å²) < 4.78 is 2.33. The van der Waals surface area contributed by atoms with Crippen LogP contribution in [0.1, 0.15) is 50.8 Å². The van der Waals surface area contributed by atoms with Crippen LogP contribution in [0, 0.1) is 6.92 Å². The van der Waals surface area contributed by atoms with Crippen molar-refractivity contribution in [2.24, 2.45) is 0 Å². The molecule has 1 aromatic heterocycles. The van der Waals surface area contributed by atoms with Crippen molar-refractivity contribution in [3.8, 4) is 0 Å². The molecule has 0 spiro atoms. The van der Waals surface area contributed by atoms with Crippen molar-refractivity contribution >= 4 is 5.95 Å². The lowest BCUT2D eigenvalue weighted by atomic mass is 9.79. The molecular formula is C12H19N3. The predicted octanol–water partition coefficient (Wildman–Crippen LogP) is 2.88. The number of aromatic nitrogens is 2. The van der Waals surface area contributed by atoms with Crippen molar-refractivity contribution in [3.63, 3.8) is 0 Å². The van der Waals surface area contributed by atoms with Gasteiger partial charge in [-0.1, -0.05) is 0 Å². The van der Waals surface area contributed by atoms with Gasteiger partial charge in [-0.3, -0.25) is 0 Å². The minimum Gasteiger partial charge on any atom is -0.350 e. The van der Waals surface area contributed by atoms with Crippen molar-refractivity contribution in [1.29, 1.82) is 0 Å². The second kappa shape index (κ2) is 3.00. The third kappa shape index (κ3) is 1.64. The Kier molecular flexibility index (Phi) is 1.85. The first-order valence-electron chi connectivity index (χ1n) is 6.00. The number of hydrogen-bond acceptors (Lipinski definition) is 2. The SMILES string of the molecule is Cc1cn(C2CC2)c(NC2(C)CCC2)n1. The average Bonchev–Trinajstić information content (AvgIpc) is 2.90. The Balaban J connectivity index is 1.83. The van der Waals surface area contributed by atoms with E-state index in [0.717, 1.165) is 17.7 Å². The van der Waals surface area contributed by atoms with E-state index in [1.807, 2.05) is 0 Å². The Bertz CT molecular complexity index is 372. The number of aryl methyl sites for hydroxylation is 1. The first-order valence-corrected chi connectivity index (χ1v) is 6.00. The summed E-state index contributed by atoms with van der Waals surface area (Å²) in [5, 5.41) is 3.62. The molecule has 2 saturated carbocycles.